The maximum Gasteiger partial charge on any atom is 0.253 e. The maximum atomic E-state index is 11.8. The van der Waals surface area contributed by atoms with Crippen molar-refractivity contribution in [2.45, 2.75) is 19.4 Å². The summed E-state index contributed by atoms with van der Waals surface area (Å²) in [6, 6.07) is 1.32. The highest BCUT2D eigenvalue weighted by Gasteiger charge is 2.12. The SMILES string of the molecule is C#CCC(C)NC(=O)c1cc(Cl)ncc1N. The molecule has 1 aromatic rings. The second-order valence-corrected chi connectivity index (χ2v) is 3.76. The van der Waals surface area contributed by atoms with Crippen LogP contribution in [0.2, 0.25) is 5.15 Å². The highest BCUT2D eigenvalue weighted by atomic mass is 35.5. The fourth-order valence-corrected chi connectivity index (χ4v) is 1.32. The third-order valence-corrected chi connectivity index (χ3v) is 2.15. The Morgan fingerprint density at radius 3 is 3.12 bits per heavy atom. The van der Waals surface area contributed by atoms with Gasteiger partial charge in [-0.3, -0.25) is 4.79 Å². The number of pyridine rings is 1. The van der Waals surface area contributed by atoms with Crippen LogP contribution in [0.4, 0.5) is 5.69 Å². The molecule has 0 aromatic carbocycles. The first-order valence-corrected chi connectivity index (χ1v) is 5.07. The molecule has 0 aliphatic rings. The van der Waals surface area contributed by atoms with Crippen LogP contribution in [0.5, 0.6) is 0 Å². The van der Waals surface area contributed by atoms with Crippen LogP contribution in [0.15, 0.2) is 12.3 Å². The summed E-state index contributed by atoms with van der Waals surface area (Å²) in [5.74, 6) is 2.16. The zero-order valence-corrected chi connectivity index (χ0v) is 9.58. The van der Waals surface area contributed by atoms with Crippen LogP contribution >= 0.6 is 11.6 Å². The first-order chi connectivity index (χ1) is 7.54. The van der Waals surface area contributed by atoms with Crippen molar-refractivity contribution in [3.8, 4) is 12.3 Å². The number of nitrogens with one attached hydrogen (secondary N) is 1. The van der Waals surface area contributed by atoms with Crippen molar-refractivity contribution in [2.75, 3.05) is 5.73 Å². The molecule has 16 heavy (non-hydrogen) atoms. The van der Waals surface area contributed by atoms with Crippen molar-refractivity contribution in [1.29, 1.82) is 0 Å². The number of halogens is 1. The van der Waals surface area contributed by atoms with Gasteiger partial charge < -0.3 is 11.1 Å². The van der Waals surface area contributed by atoms with Gasteiger partial charge in [-0.1, -0.05) is 11.6 Å². The first-order valence-electron chi connectivity index (χ1n) is 4.70. The molecular formula is C11H12ClN3O. The van der Waals surface area contributed by atoms with E-state index in [0.717, 1.165) is 0 Å². The van der Waals surface area contributed by atoms with Crippen LogP contribution in [0.3, 0.4) is 0 Å². The minimum absolute atomic E-state index is 0.108. The molecule has 0 aliphatic heterocycles. The van der Waals surface area contributed by atoms with Gasteiger partial charge in [-0.25, -0.2) is 4.98 Å². The van der Waals surface area contributed by atoms with Crippen LogP contribution in [0.1, 0.15) is 23.7 Å². The summed E-state index contributed by atoms with van der Waals surface area (Å²) >= 11 is 5.68. The third-order valence-electron chi connectivity index (χ3n) is 1.95. The lowest BCUT2D eigenvalue weighted by atomic mass is 10.2. The topological polar surface area (TPSA) is 68.0 Å². The van der Waals surface area contributed by atoms with Gasteiger partial charge >= 0.3 is 0 Å². The molecule has 0 fully saturated rings. The van der Waals surface area contributed by atoms with E-state index in [1.165, 1.54) is 12.3 Å². The van der Waals surface area contributed by atoms with Crippen molar-refractivity contribution >= 4 is 23.2 Å². The Bertz CT molecular complexity index is 439. The van der Waals surface area contributed by atoms with Gasteiger partial charge in [0.25, 0.3) is 5.91 Å². The van der Waals surface area contributed by atoms with Crippen molar-refractivity contribution < 1.29 is 4.79 Å². The molecule has 1 rings (SSSR count). The number of hydrogen-bond donors (Lipinski definition) is 2. The van der Waals surface area contributed by atoms with Gasteiger partial charge in [0.05, 0.1) is 17.4 Å². The van der Waals surface area contributed by atoms with Gasteiger partial charge in [-0.2, -0.15) is 0 Å². The largest absolute Gasteiger partial charge is 0.397 e. The molecule has 1 amide bonds. The number of carbonyl (C=O) groups excluding carboxylic acids is 1. The highest BCUT2D eigenvalue weighted by Crippen LogP contribution is 2.14. The first kappa shape index (κ1) is 12.3. The van der Waals surface area contributed by atoms with Crippen LogP contribution in [-0.4, -0.2) is 16.9 Å². The molecule has 1 aromatic heterocycles. The lowest BCUT2D eigenvalue weighted by Crippen LogP contribution is -2.32. The molecule has 0 bridgehead atoms. The van der Waals surface area contributed by atoms with E-state index in [1.54, 1.807) is 0 Å². The van der Waals surface area contributed by atoms with E-state index >= 15 is 0 Å². The number of hydrogen-bond acceptors (Lipinski definition) is 3. The number of nitrogens with zero attached hydrogens (tertiary/aromatic N) is 1. The van der Waals surface area contributed by atoms with Crippen molar-refractivity contribution in [3.05, 3.63) is 23.0 Å². The Labute approximate surface area is 99.2 Å². The number of anilines is 1. The summed E-state index contributed by atoms with van der Waals surface area (Å²) in [6.45, 7) is 1.82. The quantitative estimate of drug-likeness (QED) is 0.618. The number of amides is 1. The summed E-state index contributed by atoms with van der Waals surface area (Å²) < 4.78 is 0. The molecule has 1 atom stereocenters. The van der Waals surface area contributed by atoms with E-state index in [2.05, 4.69) is 16.2 Å². The van der Waals surface area contributed by atoms with E-state index in [9.17, 15) is 4.79 Å². The van der Waals surface area contributed by atoms with Crippen molar-refractivity contribution in [1.82, 2.24) is 10.3 Å². The van der Waals surface area contributed by atoms with Crippen LogP contribution in [0, 0.1) is 12.3 Å². The lowest BCUT2D eigenvalue weighted by Gasteiger charge is -2.12. The Hall–Kier alpha value is -1.73. The smallest absolute Gasteiger partial charge is 0.253 e. The summed E-state index contributed by atoms with van der Waals surface area (Å²) in [6.07, 6.45) is 6.95. The van der Waals surface area contributed by atoms with E-state index < -0.39 is 0 Å². The predicted octanol–water partition coefficient (Wildman–Crippen LogP) is 1.46. The molecule has 0 radical (unpaired) electrons. The summed E-state index contributed by atoms with van der Waals surface area (Å²) in [4.78, 5) is 15.5. The molecule has 5 heteroatoms. The lowest BCUT2D eigenvalue weighted by molar-refractivity contribution is 0.0941. The molecule has 4 nitrogen and oxygen atoms in total. The molecule has 0 spiro atoms. The van der Waals surface area contributed by atoms with Crippen molar-refractivity contribution in [2.24, 2.45) is 0 Å². The average molecular weight is 238 g/mol. The summed E-state index contributed by atoms with van der Waals surface area (Å²) in [5, 5.41) is 2.94. The van der Waals surface area contributed by atoms with E-state index in [-0.39, 0.29) is 22.8 Å². The maximum absolute atomic E-state index is 11.8. The number of rotatable bonds is 3. The molecule has 0 aliphatic carbocycles. The van der Waals surface area contributed by atoms with Crippen LogP contribution in [-0.2, 0) is 0 Å². The standard InChI is InChI=1S/C11H12ClN3O/c1-3-4-7(2)15-11(16)8-5-10(12)14-6-9(8)13/h1,5-7H,4,13H2,2H3,(H,15,16). The second-order valence-electron chi connectivity index (χ2n) is 3.38. The van der Waals surface area contributed by atoms with E-state index in [0.29, 0.717) is 12.0 Å². The number of nitrogens with two attached hydrogens (primary N) is 1. The van der Waals surface area contributed by atoms with Gasteiger partial charge in [0.1, 0.15) is 5.15 Å². The zero-order valence-electron chi connectivity index (χ0n) is 8.83. The molecule has 1 heterocycles. The molecule has 84 valence electrons. The number of nitrogen functional groups attached to an aromatic ring is 1. The molecule has 0 saturated heterocycles. The minimum atomic E-state index is -0.301. The number of terminal acetylenes is 1. The third kappa shape index (κ3) is 3.14. The van der Waals surface area contributed by atoms with Gasteiger partial charge in [0.15, 0.2) is 0 Å². The Balaban J connectivity index is 2.81. The Morgan fingerprint density at radius 2 is 2.50 bits per heavy atom. The van der Waals surface area contributed by atoms with Crippen LogP contribution < -0.4 is 11.1 Å². The van der Waals surface area contributed by atoms with Gasteiger partial charge in [0.2, 0.25) is 0 Å². The van der Waals surface area contributed by atoms with Crippen LogP contribution in [0.25, 0.3) is 0 Å². The van der Waals surface area contributed by atoms with E-state index in [4.69, 9.17) is 23.8 Å². The van der Waals surface area contributed by atoms with Gasteiger partial charge in [0, 0.05) is 12.5 Å². The Morgan fingerprint density at radius 1 is 1.81 bits per heavy atom. The van der Waals surface area contributed by atoms with Gasteiger partial charge in [-0.05, 0) is 13.0 Å². The van der Waals surface area contributed by atoms with E-state index in [1.807, 2.05) is 6.92 Å². The minimum Gasteiger partial charge on any atom is -0.397 e. The number of aromatic nitrogens is 1. The zero-order chi connectivity index (χ0) is 12.1. The molecular weight excluding hydrogens is 226 g/mol. The normalized spacial score (nSPS) is 11.6. The summed E-state index contributed by atoms with van der Waals surface area (Å²) in [5.41, 5.74) is 6.21. The monoisotopic (exact) mass is 237 g/mol. The summed E-state index contributed by atoms with van der Waals surface area (Å²) in [7, 11) is 0. The molecule has 1 unspecified atom stereocenters. The average Bonchev–Trinajstić information content (AvgIpc) is 2.21. The highest BCUT2D eigenvalue weighted by molar-refractivity contribution is 6.29. The fourth-order valence-electron chi connectivity index (χ4n) is 1.17. The van der Waals surface area contributed by atoms with Gasteiger partial charge in [-0.15, -0.1) is 12.3 Å². The fraction of sp³-hybridized carbons (Fsp3) is 0.273. The number of carbonyl (C=O) groups is 1. The Kier molecular flexibility index (Phi) is 4.15. The molecule has 3 N–H and O–H groups in total. The second kappa shape index (κ2) is 5.38. The molecule has 0 saturated carbocycles. The predicted molar refractivity (Wildman–Crippen MR) is 64.0 cm³/mol. The van der Waals surface area contributed by atoms with Crippen molar-refractivity contribution in [3.63, 3.8) is 0 Å².